The smallest absolute Gasteiger partial charge is 0.246 e. The van der Waals surface area contributed by atoms with E-state index in [1.54, 1.807) is 43.3 Å². The van der Waals surface area contributed by atoms with E-state index in [0.717, 1.165) is 0 Å². The monoisotopic (exact) mass is 399 g/mol. The van der Waals surface area contributed by atoms with E-state index in [1.165, 1.54) is 6.92 Å². The second-order valence-corrected chi connectivity index (χ2v) is 6.67. The molecule has 0 radical (unpaired) electrons. The lowest BCUT2D eigenvalue weighted by Gasteiger charge is -2.16. The van der Waals surface area contributed by atoms with Crippen LogP contribution in [0.15, 0.2) is 36.4 Å². The zero-order chi connectivity index (χ0) is 18.6. The maximum Gasteiger partial charge on any atom is 0.246 e. The average molecular weight is 401 g/mol. The van der Waals surface area contributed by atoms with Gasteiger partial charge in [-0.3, -0.25) is 9.59 Å². The lowest BCUT2D eigenvalue weighted by molar-refractivity contribution is -0.116. The molecule has 0 saturated carbocycles. The molecule has 0 aliphatic carbocycles. The van der Waals surface area contributed by atoms with Gasteiger partial charge in [0.1, 0.15) is 6.04 Å². The largest absolute Gasteiger partial charge is 0.374 e. The zero-order valence-corrected chi connectivity index (χ0v) is 15.8. The summed E-state index contributed by atoms with van der Waals surface area (Å²) in [5, 5.41) is 9.63. The molecule has 2 rings (SSSR count). The number of amides is 2. The number of halogens is 3. The minimum atomic E-state index is -0.541. The molecule has 1 unspecified atom stereocenters. The Labute approximate surface area is 160 Å². The summed E-state index contributed by atoms with van der Waals surface area (Å²) in [7, 11) is 0. The average Bonchev–Trinajstić information content (AvgIpc) is 2.48. The molecule has 2 aromatic carbocycles. The lowest BCUT2D eigenvalue weighted by atomic mass is 10.2. The van der Waals surface area contributed by atoms with E-state index < -0.39 is 6.04 Å². The molecule has 132 valence electrons. The first-order chi connectivity index (χ1) is 11.7. The molecule has 0 heterocycles. The predicted octanol–water partition coefficient (Wildman–Crippen LogP) is 5.04. The van der Waals surface area contributed by atoms with Crippen LogP contribution in [0.5, 0.6) is 0 Å². The second kappa shape index (κ2) is 8.43. The second-order valence-electron chi connectivity index (χ2n) is 5.39. The van der Waals surface area contributed by atoms with Gasteiger partial charge in [0.05, 0.1) is 10.7 Å². The minimum absolute atomic E-state index is 0.212. The Bertz CT molecular complexity index is 791. The fourth-order valence-electron chi connectivity index (χ4n) is 2.09. The summed E-state index contributed by atoms with van der Waals surface area (Å²) in [6.07, 6.45) is 0. The van der Waals surface area contributed by atoms with Crippen LogP contribution in [0.25, 0.3) is 0 Å². The van der Waals surface area contributed by atoms with Crippen molar-refractivity contribution in [3.63, 3.8) is 0 Å². The highest BCUT2D eigenvalue weighted by molar-refractivity contribution is 6.35. The summed E-state index contributed by atoms with van der Waals surface area (Å²) in [6.45, 7) is 3.11. The predicted molar refractivity (Wildman–Crippen MR) is 104 cm³/mol. The van der Waals surface area contributed by atoms with Gasteiger partial charge >= 0.3 is 0 Å². The number of nitrogens with one attached hydrogen (secondary N) is 3. The summed E-state index contributed by atoms with van der Waals surface area (Å²) in [5.41, 5.74) is 1.66. The highest BCUT2D eigenvalue weighted by atomic mass is 35.5. The van der Waals surface area contributed by atoms with Crippen molar-refractivity contribution in [1.82, 2.24) is 0 Å². The molecule has 8 heteroatoms. The van der Waals surface area contributed by atoms with Gasteiger partial charge in [0.15, 0.2) is 0 Å². The van der Waals surface area contributed by atoms with Crippen LogP contribution in [0, 0.1) is 0 Å². The van der Waals surface area contributed by atoms with Gasteiger partial charge in [0.2, 0.25) is 11.8 Å². The first-order valence-electron chi connectivity index (χ1n) is 7.35. The van der Waals surface area contributed by atoms with Gasteiger partial charge < -0.3 is 16.0 Å². The van der Waals surface area contributed by atoms with Gasteiger partial charge in [-0.25, -0.2) is 0 Å². The summed E-state index contributed by atoms with van der Waals surface area (Å²) in [5.74, 6) is -0.476. The van der Waals surface area contributed by atoms with E-state index in [4.69, 9.17) is 34.8 Å². The minimum Gasteiger partial charge on any atom is -0.374 e. The van der Waals surface area contributed by atoms with Crippen molar-refractivity contribution in [3.8, 4) is 0 Å². The highest BCUT2D eigenvalue weighted by Crippen LogP contribution is 2.26. The molecule has 0 fully saturated rings. The van der Waals surface area contributed by atoms with Crippen molar-refractivity contribution in [2.24, 2.45) is 0 Å². The van der Waals surface area contributed by atoms with Crippen LogP contribution in [-0.4, -0.2) is 17.9 Å². The topological polar surface area (TPSA) is 70.2 Å². The van der Waals surface area contributed by atoms with Gasteiger partial charge in [0.25, 0.3) is 0 Å². The number of rotatable bonds is 5. The van der Waals surface area contributed by atoms with Crippen LogP contribution < -0.4 is 16.0 Å². The maximum atomic E-state index is 12.3. The Hall–Kier alpha value is -1.95. The fraction of sp³-hybridized carbons (Fsp3) is 0.176. The number of hydrogen-bond donors (Lipinski definition) is 3. The molecule has 0 aromatic heterocycles. The molecule has 0 aliphatic rings. The number of hydrogen-bond acceptors (Lipinski definition) is 3. The van der Waals surface area contributed by atoms with E-state index in [-0.39, 0.29) is 11.8 Å². The molecule has 1 atom stereocenters. The molecule has 3 N–H and O–H groups in total. The third kappa shape index (κ3) is 5.81. The molecule has 0 spiro atoms. The zero-order valence-electron chi connectivity index (χ0n) is 13.5. The third-order valence-corrected chi connectivity index (χ3v) is 3.94. The van der Waals surface area contributed by atoms with Crippen LogP contribution in [0.4, 0.5) is 17.1 Å². The Morgan fingerprint density at radius 2 is 1.56 bits per heavy atom. The van der Waals surface area contributed by atoms with Gasteiger partial charge in [-0.2, -0.15) is 0 Å². The normalized spacial score (nSPS) is 11.6. The highest BCUT2D eigenvalue weighted by Gasteiger charge is 2.14. The summed E-state index contributed by atoms with van der Waals surface area (Å²) >= 11 is 17.9. The number of carbonyl (C=O) groups is 2. The first-order valence-corrected chi connectivity index (χ1v) is 8.48. The van der Waals surface area contributed by atoms with Gasteiger partial charge in [-0.15, -0.1) is 0 Å². The Morgan fingerprint density at radius 1 is 0.920 bits per heavy atom. The number of anilines is 3. The maximum absolute atomic E-state index is 12.3. The lowest BCUT2D eigenvalue weighted by Crippen LogP contribution is -2.31. The molecular formula is C17H16Cl3N3O2. The van der Waals surface area contributed by atoms with E-state index >= 15 is 0 Å². The standard InChI is InChI=1S/C17H16Cl3N3O2/c1-9(17(25)23-14-6-11(18)5-12(19)7-14)21-13-3-4-16(15(20)8-13)22-10(2)24/h3-9,21H,1-2H3,(H,22,24)(H,23,25). The number of benzene rings is 2. The molecule has 2 aromatic rings. The number of carbonyl (C=O) groups excluding carboxylic acids is 2. The fourth-order valence-corrected chi connectivity index (χ4v) is 2.84. The Kier molecular flexibility index (Phi) is 6.53. The molecule has 5 nitrogen and oxygen atoms in total. The van der Waals surface area contributed by atoms with Gasteiger partial charge in [-0.1, -0.05) is 34.8 Å². The molecule has 25 heavy (non-hydrogen) atoms. The van der Waals surface area contributed by atoms with Crippen LogP contribution in [0.2, 0.25) is 15.1 Å². The van der Waals surface area contributed by atoms with Crippen molar-refractivity contribution < 1.29 is 9.59 Å². The Balaban J connectivity index is 2.03. The molecule has 0 saturated heterocycles. The third-order valence-electron chi connectivity index (χ3n) is 3.19. The van der Waals surface area contributed by atoms with Gasteiger partial charge in [0, 0.05) is 28.3 Å². The Morgan fingerprint density at radius 3 is 2.12 bits per heavy atom. The van der Waals surface area contributed by atoms with Crippen molar-refractivity contribution in [2.75, 3.05) is 16.0 Å². The van der Waals surface area contributed by atoms with Crippen LogP contribution >= 0.6 is 34.8 Å². The molecule has 0 aliphatic heterocycles. The van der Waals surface area contributed by atoms with Crippen LogP contribution in [0.3, 0.4) is 0 Å². The van der Waals surface area contributed by atoms with Gasteiger partial charge in [-0.05, 0) is 43.3 Å². The van der Waals surface area contributed by atoms with E-state index in [0.29, 0.717) is 32.1 Å². The van der Waals surface area contributed by atoms with E-state index in [2.05, 4.69) is 16.0 Å². The van der Waals surface area contributed by atoms with Crippen LogP contribution in [-0.2, 0) is 9.59 Å². The SMILES string of the molecule is CC(=O)Nc1ccc(NC(C)C(=O)Nc2cc(Cl)cc(Cl)c2)cc1Cl. The van der Waals surface area contributed by atoms with E-state index in [1.807, 2.05) is 0 Å². The molecule has 0 bridgehead atoms. The van der Waals surface area contributed by atoms with E-state index in [9.17, 15) is 9.59 Å². The summed E-state index contributed by atoms with van der Waals surface area (Å²) in [4.78, 5) is 23.4. The van der Waals surface area contributed by atoms with Crippen molar-refractivity contribution in [3.05, 3.63) is 51.5 Å². The van der Waals surface area contributed by atoms with Crippen LogP contribution in [0.1, 0.15) is 13.8 Å². The summed E-state index contributed by atoms with van der Waals surface area (Å²) < 4.78 is 0. The molecular weight excluding hydrogens is 385 g/mol. The molecule has 2 amide bonds. The van der Waals surface area contributed by atoms with Crippen molar-refractivity contribution >= 4 is 63.7 Å². The first kappa shape index (κ1) is 19.4. The summed E-state index contributed by atoms with van der Waals surface area (Å²) in [6, 6.07) is 9.27. The van der Waals surface area contributed by atoms with Crippen molar-refractivity contribution in [2.45, 2.75) is 19.9 Å². The van der Waals surface area contributed by atoms with Crippen molar-refractivity contribution in [1.29, 1.82) is 0 Å². The quantitative estimate of drug-likeness (QED) is 0.658.